The molecule has 2 heterocycles. The number of nitriles is 1. The molecule has 3 rings (SSSR count). The summed E-state index contributed by atoms with van der Waals surface area (Å²) in [4.78, 5) is 21.9. The molecule has 1 aromatic carbocycles. The molecule has 2 N–H and O–H groups in total. The molecule has 0 spiro atoms. The molecule has 7 nitrogen and oxygen atoms in total. The first-order chi connectivity index (χ1) is 12.1. The SMILES string of the molecule is CO[C@H]1C[C@@H](C(=O)NCc2ncc(-c3cccc(C#N)c3)[nH]2)N(C)C1. The van der Waals surface area contributed by atoms with Crippen molar-refractivity contribution in [3.63, 3.8) is 0 Å². The van der Waals surface area contributed by atoms with Crippen molar-refractivity contribution in [2.75, 3.05) is 20.7 Å². The Kier molecular flexibility index (Phi) is 5.12. The van der Waals surface area contributed by atoms with Crippen molar-refractivity contribution in [1.82, 2.24) is 20.2 Å². The maximum Gasteiger partial charge on any atom is 0.237 e. The van der Waals surface area contributed by atoms with Crippen LogP contribution in [0.25, 0.3) is 11.3 Å². The normalized spacial score (nSPS) is 20.4. The highest BCUT2D eigenvalue weighted by molar-refractivity contribution is 5.82. The van der Waals surface area contributed by atoms with Crippen molar-refractivity contribution in [2.45, 2.75) is 25.1 Å². The highest BCUT2D eigenvalue weighted by Gasteiger charge is 2.34. The summed E-state index contributed by atoms with van der Waals surface area (Å²) in [6.07, 6.45) is 2.51. The molecule has 1 aliphatic heterocycles. The number of nitrogens with zero attached hydrogens (tertiary/aromatic N) is 3. The van der Waals surface area contributed by atoms with Gasteiger partial charge in [-0.2, -0.15) is 5.26 Å². The van der Waals surface area contributed by atoms with Gasteiger partial charge in [0.1, 0.15) is 5.82 Å². The van der Waals surface area contributed by atoms with Crippen LogP contribution < -0.4 is 5.32 Å². The molecule has 0 unspecified atom stereocenters. The molecule has 2 atom stereocenters. The minimum absolute atomic E-state index is 0.0218. The van der Waals surface area contributed by atoms with Crippen molar-refractivity contribution in [1.29, 1.82) is 5.26 Å². The van der Waals surface area contributed by atoms with Gasteiger partial charge in [-0.1, -0.05) is 12.1 Å². The molecule has 2 aromatic rings. The number of carbonyl (C=O) groups is 1. The molecule has 1 saturated heterocycles. The van der Waals surface area contributed by atoms with Crippen LogP contribution in [-0.2, 0) is 16.1 Å². The second-order valence-corrected chi connectivity index (χ2v) is 6.20. The van der Waals surface area contributed by atoms with Gasteiger partial charge in [-0.15, -0.1) is 0 Å². The van der Waals surface area contributed by atoms with E-state index in [1.807, 2.05) is 24.1 Å². The molecule has 1 aliphatic rings. The smallest absolute Gasteiger partial charge is 0.237 e. The average molecular weight is 339 g/mol. The van der Waals surface area contributed by atoms with Crippen LogP contribution in [0.2, 0.25) is 0 Å². The minimum Gasteiger partial charge on any atom is -0.380 e. The first-order valence-corrected chi connectivity index (χ1v) is 8.16. The van der Waals surface area contributed by atoms with E-state index in [9.17, 15) is 4.79 Å². The Morgan fingerprint density at radius 2 is 2.40 bits per heavy atom. The second kappa shape index (κ2) is 7.47. The van der Waals surface area contributed by atoms with Gasteiger partial charge in [0.05, 0.1) is 42.2 Å². The number of ether oxygens (including phenoxy) is 1. The van der Waals surface area contributed by atoms with Crippen LogP contribution in [0.15, 0.2) is 30.5 Å². The standard InChI is InChI=1S/C18H21N5O2/c1-23-11-14(25-2)7-16(23)18(24)21-10-17-20-9-15(22-17)13-5-3-4-12(6-13)8-19/h3-6,9,14,16H,7,10-11H2,1-2H3,(H,20,22)(H,21,24)/t14-,16-/m0/s1. The Bertz CT molecular complexity index is 795. The van der Waals surface area contributed by atoms with Gasteiger partial charge < -0.3 is 15.0 Å². The third-order valence-electron chi connectivity index (χ3n) is 4.51. The lowest BCUT2D eigenvalue weighted by atomic mass is 10.1. The number of amides is 1. The summed E-state index contributed by atoms with van der Waals surface area (Å²) < 4.78 is 5.33. The molecular formula is C18H21N5O2. The molecule has 0 aliphatic carbocycles. The maximum absolute atomic E-state index is 12.4. The number of hydrogen-bond acceptors (Lipinski definition) is 5. The third kappa shape index (κ3) is 3.87. The number of carbonyl (C=O) groups excluding carboxylic acids is 1. The van der Waals surface area contributed by atoms with Gasteiger partial charge in [-0.3, -0.25) is 9.69 Å². The van der Waals surface area contributed by atoms with E-state index in [1.54, 1.807) is 25.4 Å². The lowest BCUT2D eigenvalue weighted by Crippen LogP contribution is -2.41. The molecule has 0 bridgehead atoms. The fraction of sp³-hybridized carbons (Fsp3) is 0.389. The van der Waals surface area contributed by atoms with Crippen LogP contribution >= 0.6 is 0 Å². The quantitative estimate of drug-likeness (QED) is 0.856. The number of likely N-dealkylation sites (N-methyl/N-ethyl adjacent to an activating group) is 1. The van der Waals surface area contributed by atoms with Gasteiger partial charge in [0.15, 0.2) is 0 Å². The van der Waals surface area contributed by atoms with Crippen LogP contribution in [-0.4, -0.2) is 53.6 Å². The number of rotatable bonds is 5. The van der Waals surface area contributed by atoms with Crippen LogP contribution in [0.4, 0.5) is 0 Å². The van der Waals surface area contributed by atoms with Gasteiger partial charge in [0, 0.05) is 19.2 Å². The minimum atomic E-state index is -0.174. The van der Waals surface area contributed by atoms with Gasteiger partial charge in [0.2, 0.25) is 5.91 Å². The predicted octanol–water partition coefficient (Wildman–Crippen LogP) is 1.28. The van der Waals surface area contributed by atoms with Crippen molar-refractivity contribution >= 4 is 5.91 Å². The van der Waals surface area contributed by atoms with Crippen molar-refractivity contribution < 1.29 is 9.53 Å². The summed E-state index contributed by atoms with van der Waals surface area (Å²) in [6.45, 7) is 1.09. The van der Waals surface area contributed by atoms with Gasteiger partial charge in [-0.25, -0.2) is 4.98 Å². The number of nitrogens with one attached hydrogen (secondary N) is 2. The van der Waals surface area contributed by atoms with E-state index in [1.165, 1.54) is 0 Å². The Balaban J connectivity index is 1.60. The average Bonchev–Trinajstić information content (AvgIpc) is 3.26. The number of likely N-dealkylation sites (tertiary alicyclic amines) is 1. The van der Waals surface area contributed by atoms with E-state index in [-0.39, 0.29) is 18.1 Å². The molecule has 130 valence electrons. The highest BCUT2D eigenvalue weighted by Crippen LogP contribution is 2.19. The third-order valence-corrected chi connectivity index (χ3v) is 4.51. The number of aromatic nitrogens is 2. The summed E-state index contributed by atoms with van der Waals surface area (Å²) in [6, 6.07) is 9.25. The Labute approximate surface area is 146 Å². The zero-order valence-corrected chi connectivity index (χ0v) is 14.3. The number of aromatic amines is 1. The molecule has 1 aromatic heterocycles. The number of benzene rings is 1. The van der Waals surface area contributed by atoms with E-state index < -0.39 is 0 Å². The molecule has 0 saturated carbocycles. The lowest BCUT2D eigenvalue weighted by molar-refractivity contribution is -0.125. The number of hydrogen-bond donors (Lipinski definition) is 2. The Morgan fingerprint density at radius 1 is 1.56 bits per heavy atom. The van der Waals surface area contributed by atoms with Crippen LogP contribution in [0, 0.1) is 11.3 Å². The number of methoxy groups -OCH3 is 1. The van der Waals surface area contributed by atoms with E-state index in [4.69, 9.17) is 10.00 Å². The molecule has 7 heteroatoms. The van der Waals surface area contributed by atoms with E-state index in [0.717, 1.165) is 17.8 Å². The summed E-state index contributed by atoms with van der Waals surface area (Å²) in [5, 5.41) is 11.9. The first kappa shape index (κ1) is 17.1. The second-order valence-electron chi connectivity index (χ2n) is 6.20. The lowest BCUT2D eigenvalue weighted by Gasteiger charge is -2.17. The molecule has 0 radical (unpaired) electrons. The molecule has 1 fully saturated rings. The zero-order chi connectivity index (χ0) is 17.8. The summed E-state index contributed by atoms with van der Waals surface area (Å²) >= 11 is 0. The maximum atomic E-state index is 12.4. The van der Waals surface area contributed by atoms with Crippen molar-refractivity contribution in [2.24, 2.45) is 0 Å². The predicted molar refractivity (Wildman–Crippen MR) is 92.4 cm³/mol. The molecule has 1 amide bonds. The van der Waals surface area contributed by atoms with Gasteiger partial charge >= 0.3 is 0 Å². The topological polar surface area (TPSA) is 94.0 Å². The first-order valence-electron chi connectivity index (χ1n) is 8.16. The van der Waals surface area contributed by atoms with E-state index >= 15 is 0 Å². The van der Waals surface area contributed by atoms with Crippen LogP contribution in [0.1, 0.15) is 17.8 Å². The van der Waals surface area contributed by atoms with Crippen molar-refractivity contribution in [3.05, 3.63) is 41.9 Å². The van der Waals surface area contributed by atoms with Crippen LogP contribution in [0.3, 0.4) is 0 Å². The van der Waals surface area contributed by atoms with E-state index in [2.05, 4.69) is 21.4 Å². The van der Waals surface area contributed by atoms with Gasteiger partial charge in [0.25, 0.3) is 0 Å². The Morgan fingerprint density at radius 3 is 3.12 bits per heavy atom. The number of H-pyrrole nitrogens is 1. The van der Waals surface area contributed by atoms with Gasteiger partial charge in [-0.05, 0) is 25.6 Å². The fourth-order valence-corrected chi connectivity index (χ4v) is 3.07. The largest absolute Gasteiger partial charge is 0.380 e. The van der Waals surface area contributed by atoms with Crippen molar-refractivity contribution in [3.8, 4) is 17.3 Å². The number of imidazole rings is 1. The monoisotopic (exact) mass is 339 g/mol. The summed E-state index contributed by atoms with van der Waals surface area (Å²) in [5.74, 6) is 0.654. The fourth-order valence-electron chi connectivity index (χ4n) is 3.07. The molecular weight excluding hydrogens is 318 g/mol. The Hall–Kier alpha value is -2.69. The summed E-state index contributed by atoms with van der Waals surface area (Å²) in [7, 11) is 3.60. The highest BCUT2D eigenvalue weighted by atomic mass is 16.5. The van der Waals surface area contributed by atoms with E-state index in [0.29, 0.717) is 24.4 Å². The van der Waals surface area contributed by atoms with Crippen LogP contribution in [0.5, 0.6) is 0 Å². The molecule has 25 heavy (non-hydrogen) atoms. The zero-order valence-electron chi connectivity index (χ0n) is 14.3. The summed E-state index contributed by atoms with van der Waals surface area (Å²) in [5.41, 5.74) is 2.31.